The van der Waals surface area contributed by atoms with Crippen molar-refractivity contribution in [3.63, 3.8) is 0 Å². The number of carbonyl (C=O) groups excluding carboxylic acids is 1. The number of hydrogen-bond acceptors (Lipinski definition) is 4. The molecule has 1 aromatic heterocycles. The molecule has 0 unspecified atom stereocenters. The van der Waals surface area contributed by atoms with Crippen molar-refractivity contribution in [2.75, 3.05) is 5.32 Å². The van der Waals surface area contributed by atoms with E-state index in [2.05, 4.69) is 5.32 Å². The van der Waals surface area contributed by atoms with Crippen LogP contribution in [0.2, 0.25) is 0 Å². The van der Waals surface area contributed by atoms with Crippen LogP contribution in [-0.4, -0.2) is 14.3 Å². The van der Waals surface area contributed by atoms with Crippen molar-refractivity contribution >= 4 is 32.1 Å². The maximum absolute atomic E-state index is 13.2. The van der Waals surface area contributed by atoms with Crippen molar-refractivity contribution in [1.29, 1.82) is 0 Å². The average molecular weight is 364 g/mol. The zero-order valence-corrected chi connectivity index (χ0v) is 15.5. The van der Waals surface area contributed by atoms with Gasteiger partial charge in [-0.15, -0.1) is 11.3 Å². The van der Waals surface area contributed by atoms with E-state index in [1.54, 1.807) is 31.2 Å². The summed E-state index contributed by atoms with van der Waals surface area (Å²) in [4.78, 5) is 13.5. The zero-order chi connectivity index (χ0) is 17.3. The monoisotopic (exact) mass is 363 g/mol. The molecule has 1 aliphatic rings. The molecular weight excluding hydrogens is 342 g/mol. The normalized spacial score (nSPS) is 14.2. The zero-order valence-electron chi connectivity index (χ0n) is 13.9. The molecular formula is C18H21NO3S2. The Morgan fingerprint density at radius 2 is 1.83 bits per heavy atom. The summed E-state index contributed by atoms with van der Waals surface area (Å²) in [6.45, 7) is 3.69. The van der Waals surface area contributed by atoms with E-state index in [1.165, 1.54) is 11.3 Å². The molecule has 1 heterocycles. The molecule has 0 saturated carbocycles. The number of thiophene rings is 1. The van der Waals surface area contributed by atoms with E-state index < -0.39 is 9.84 Å². The van der Waals surface area contributed by atoms with Gasteiger partial charge in [-0.3, -0.25) is 4.79 Å². The molecule has 0 fully saturated rings. The third kappa shape index (κ3) is 3.13. The summed E-state index contributed by atoms with van der Waals surface area (Å²) < 4.78 is 26.4. The number of carbonyl (C=O) groups is 1. The van der Waals surface area contributed by atoms with E-state index in [-0.39, 0.29) is 10.8 Å². The first-order valence-corrected chi connectivity index (χ1v) is 10.5. The molecule has 24 heavy (non-hydrogen) atoms. The highest BCUT2D eigenvalue weighted by atomic mass is 32.2. The van der Waals surface area contributed by atoms with Crippen LogP contribution in [0.1, 0.15) is 42.2 Å². The van der Waals surface area contributed by atoms with Crippen LogP contribution >= 0.6 is 11.3 Å². The van der Waals surface area contributed by atoms with Crippen molar-refractivity contribution in [3.8, 4) is 0 Å². The van der Waals surface area contributed by atoms with Crippen LogP contribution in [0.15, 0.2) is 34.1 Å². The minimum atomic E-state index is -3.64. The van der Waals surface area contributed by atoms with Crippen molar-refractivity contribution in [2.45, 2.75) is 55.7 Å². The summed E-state index contributed by atoms with van der Waals surface area (Å²) in [6.07, 6.45) is 4.03. The topological polar surface area (TPSA) is 63.2 Å². The minimum absolute atomic E-state index is 0.158. The molecule has 0 spiro atoms. The van der Waals surface area contributed by atoms with Crippen LogP contribution in [0.25, 0.3) is 0 Å². The van der Waals surface area contributed by atoms with E-state index in [0.717, 1.165) is 41.7 Å². The molecule has 0 bridgehead atoms. The van der Waals surface area contributed by atoms with Crippen molar-refractivity contribution < 1.29 is 13.2 Å². The Bertz CT molecular complexity index is 864. The van der Waals surface area contributed by atoms with Gasteiger partial charge in [-0.25, -0.2) is 8.42 Å². The third-order valence-electron chi connectivity index (χ3n) is 4.30. The van der Waals surface area contributed by atoms with Crippen molar-refractivity contribution in [2.24, 2.45) is 0 Å². The molecule has 6 heteroatoms. The van der Waals surface area contributed by atoms with Gasteiger partial charge < -0.3 is 5.32 Å². The van der Waals surface area contributed by atoms with Gasteiger partial charge in [0.1, 0.15) is 9.90 Å². The summed E-state index contributed by atoms with van der Waals surface area (Å²) in [7, 11) is -3.64. The molecule has 2 aromatic rings. The Balaban J connectivity index is 2.15. The van der Waals surface area contributed by atoms with Crippen LogP contribution < -0.4 is 5.32 Å². The van der Waals surface area contributed by atoms with E-state index in [0.29, 0.717) is 16.3 Å². The standard InChI is InChI=1S/C18H21NO3S2/c1-3-16(20)19-18-17(14-6-4-5-7-15(14)23-18)24(21,22)13-10-8-12(2)9-11-13/h8-11H,3-7H2,1-2H3,(H,19,20). The van der Waals surface area contributed by atoms with Gasteiger partial charge in [0, 0.05) is 11.3 Å². The number of nitrogens with one attached hydrogen (secondary N) is 1. The van der Waals surface area contributed by atoms with E-state index in [4.69, 9.17) is 0 Å². The van der Waals surface area contributed by atoms with E-state index in [1.807, 2.05) is 6.92 Å². The lowest BCUT2D eigenvalue weighted by atomic mass is 9.99. The van der Waals surface area contributed by atoms with E-state index in [9.17, 15) is 13.2 Å². The highest BCUT2D eigenvalue weighted by Crippen LogP contribution is 2.43. The second-order valence-electron chi connectivity index (χ2n) is 6.09. The average Bonchev–Trinajstić information content (AvgIpc) is 2.93. The van der Waals surface area contributed by atoms with Gasteiger partial charge in [0.15, 0.2) is 0 Å². The predicted octanol–water partition coefficient (Wildman–Crippen LogP) is 4.12. The molecule has 0 aliphatic heterocycles. The molecule has 1 amide bonds. The Hall–Kier alpha value is -1.66. The lowest BCUT2D eigenvalue weighted by Gasteiger charge is -2.14. The fourth-order valence-corrected chi connectivity index (χ4v) is 6.25. The Kier molecular flexibility index (Phi) is 4.78. The molecule has 1 aromatic carbocycles. The smallest absolute Gasteiger partial charge is 0.224 e. The Labute approximate surface area is 146 Å². The van der Waals surface area contributed by atoms with Crippen LogP contribution in [0, 0.1) is 6.92 Å². The summed E-state index contributed by atoms with van der Waals surface area (Å²) in [5, 5.41) is 3.29. The van der Waals surface area contributed by atoms with Crippen molar-refractivity contribution in [3.05, 3.63) is 40.3 Å². The van der Waals surface area contributed by atoms with Crippen LogP contribution in [0.4, 0.5) is 5.00 Å². The van der Waals surface area contributed by atoms with Gasteiger partial charge in [0.2, 0.25) is 15.7 Å². The third-order valence-corrected chi connectivity index (χ3v) is 7.51. The quantitative estimate of drug-likeness (QED) is 0.889. The summed E-state index contributed by atoms with van der Waals surface area (Å²) in [5.41, 5.74) is 1.92. The first kappa shape index (κ1) is 17.2. The highest BCUT2D eigenvalue weighted by molar-refractivity contribution is 7.92. The number of benzene rings is 1. The number of sulfone groups is 1. The van der Waals surface area contributed by atoms with E-state index >= 15 is 0 Å². The van der Waals surface area contributed by atoms with Crippen LogP contribution in [0.3, 0.4) is 0 Å². The molecule has 1 aliphatic carbocycles. The maximum Gasteiger partial charge on any atom is 0.224 e. The van der Waals surface area contributed by atoms with Gasteiger partial charge >= 0.3 is 0 Å². The van der Waals surface area contributed by atoms with Gasteiger partial charge in [-0.2, -0.15) is 0 Å². The first-order valence-electron chi connectivity index (χ1n) is 8.19. The van der Waals surface area contributed by atoms with Gasteiger partial charge in [-0.05, 0) is 50.3 Å². The van der Waals surface area contributed by atoms with Gasteiger partial charge in [0.05, 0.1) is 4.90 Å². The highest BCUT2D eigenvalue weighted by Gasteiger charge is 2.31. The molecule has 3 rings (SSSR count). The summed E-state index contributed by atoms with van der Waals surface area (Å²) >= 11 is 1.42. The van der Waals surface area contributed by atoms with Crippen LogP contribution in [-0.2, 0) is 27.5 Å². The van der Waals surface area contributed by atoms with Crippen molar-refractivity contribution in [1.82, 2.24) is 0 Å². The van der Waals surface area contributed by atoms with Gasteiger partial charge in [-0.1, -0.05) is 24.6 Å². The predicted molar refractivity (Wildman–Crippen MR) is 96.5 cm³/mol. The minimum Gasteiger partial charge on any atom is -0.317 e. The summed E-state index contributed by atoms with van der Waals surface area (Å²) in [5.74, 6) is -0.158. The second-order valence-corrected chi connectivity index (χ2v) is 9.08. The number of hydrogen-bond donors (Lipinski definition) is 1. The molecule has 1 N–H and O–H groups in total. The number of amides is 1. The SMILES string of the molecule is CCC(=O)Nc1sc2c(c1S(=O)(=O)c1ccc(C)cc1)CCCC2. The number of anilines is 1. The Morgan fingerprint density at radius 1 is 1.17 bits per heavy atom. The maximum atomic E-state index is 13.2. The Morgan fingerprint density at radius 3 is 2.50 bits per heavy atom. The first-order chi connectivity index (χ1) is 11.4. The fourth-order valence-electron chi connectivity index (χ4n) is 2.95. The number of rotatable bonds is 4. The molecule has 4 nitrogen and oxygen atoms in total. The molecule has 0 radical (unpaired) electrons. The molecule has 0 saturated heterocycles. The molecule has 0 atom stereocenters. The lowest BCUT2D eigenvalue weighted by Crippen LogP contribution is -2.13. The lowest BCUT2D eigenvalue weighted by molar-refractivity contribution is -0.115. The second kappa shape index (κ2) is 6.69. The fraction of sp³-hybridized carbons (Fsp3) is 0.389. The summed E-state index contributed by atoms with van der Waals surface area (Å²) in [6, 6.07) is 6.89. The number of fused-ring (bicyclic) bond motifs is 1. The largest absolute Gasteiger partial charge is 0.317 e. The van der Waals surface area contributed by atoms with Crippen LogP contribution in [0.5, 0.6) is 0 Å². The number of aryl methyl sites for hydroxylation is 2. The van der Waals surface area contributed by atoms with Gasteiger partial charge in [0.25, 0.3) is 0 Å². The molecule has 128 valence electrons.